The van der Waals surface area contributed by atoms with E-state index in [0.29, 0.717) is 23.3 Å². The van der Waals surface area contributed by atoms with Crippen LogP contribution in [-0.2, 0) is 0 Å². The zero-order chi connectivity index (χ0) is 13.9. The Kier molecular flexibility index (Phi) is 3.45. The number of nitrogens with one attached hydrogen (secondary N) is 1. The number of H-pyrrole nitrogens is 1. The highest BCUT2D eigenvalue weighted by atomic mass is 16.5. The molecule has 6 nitrogen and oxygen atoms in total. The maximum Gasteiger partial charge on any atom is 0.251 e. The molecule has 0 bridgehead atoms. The molecule has 1 saturated carbocycles. The van der Waals surface area contributed by atoms with Gasteiger partial charge >= 0.3 is 0 Å². The number of hydrogen-bond donors (Lipinski definition) is 1. The molecule has 0 unspecified atom stereocenters. The van der Waals surface area contributed by atoms with Crippen molar-refractivity contribution in [2.75, 3.05) is 7.11 Å². The smallest absolute Gasteiger partial charge is 0.251 e. The van der Waals surface area contributed by atoms with Gasteiger partial charge in [0.2, 0.25) is 5.88 Å². The molecule has 0 saturated heterocycles. The second kappa shape index (κ2) is 5.40. The van der Waals surface area contributed by atoms with Gasteiger partial charge < -0.3 is 9.72 Å². The molecule has 104 valence electrons. The summed E-state index contributed by atoms with van der Waals surface area (Å²) in [4.78, 5) is 27.2. The molecule has 3 rings (SSSR count). The van der Waals surface area contributed by atoms with Crippen LogP contribution in [0.3, 0.4) is 0 Å². The number of hydrogen-bond acceptors (Lipinski definition) is 5. The van der Waals surface area contributed by atoms with Crippen molar-refractivity contribution in [3.63, 3.8) is 0 Å². The molecular weight excluding hydrogens is 256 g/mol. The summed E-state index contributed by atoms with van der Waals surface area (Å²) in [5, 5.41) is 0. The van der Waals surface area contributed by atoms with Crippen molar-refractivity contribution >= 4 is 0 Å². The molecule has 1 N–H and O–H groups in total. The molecule has 1 fully saturated rings. The maximum atomic E-state index is 11.8. The number of aromatic amines is 1. The molecule has 1 aliphatic rings. The normalized spacial score (nSPS) is 15.4. The van der Waals surface area contributed by atoms with E-state index in [2.05, 4.69) is 19.9 Å². The summed E-state index contributed by atoms with van der Waals surface area (Å²) in [7, 11) is 1.54. The van der Waals surface area contributed by atoms with Crippen LogP contribution in [0.15, 0.2) is 23.3 Å². The molecular formula is C14H16N4O2. The van der Waals surface area contributed by atoms with Crippen molar-refractivity contribution in [3.05, 3.63) is 34.5 Å². The van der Waals surface area contributed by atoms with Gasteiger partial charge in [-0.25, -0.2) is 15.0 Å². The summed E-state index contributed by atoms with van der Waals surface area (Å²) < 4.78 is 5.07. The highest BCUT2D eigenvalue weighted by molar-refractivity contribution is 5.50. The second-order valence-corrected chi connectivity index (χ2v) is 4.95. The molecule has 2 aromatic heterocycles. The van der Waals surface area contributed by atoms with E-state index < -0.39 is 0 Å². The Balaban J connectivity index is 2.02. The Morgan fingerprint density at radius 1 is 1.25 bits per heavy atom. The van der Waals surface area contributed by atoms with Gasteiger partial charge in [0.25, 0.3) is 5.56 Å². The first kappa shape index (κ1) is 12.8. The summed E-state index contributed by atoms with van der Waals surface area (Å²) in [6, 6.07) is 3.26. The standard InChI is InChI=1S/C14H16N4O2/c1-20-13-7-11(15-8-16-13)14-17-10(6-12(19)18-14)9-4-2-3-5-9/h6-9H,2-5H2,1H3,(H,17,18,19). The molecule has 0 amide bonds. The first-order valence-electron chi connectivity index (χ1n) is 6.74. The van der Waals surface area contributed by atoms with Crippen LogP contribution in [0.2, 0.25) is 0 Å². The molecule has 0 radical (unpaired) electrons. The molecule has 0 aromatic carbocycles. The monoisotopic (exact) mass is 272 g/mol. The first-order valence-corrected chi connectivity index (χ1v) is 6.74. The lowest BCUT2D eigenvalue weighted by Gasteiger charge is -2.09. The van der Waals surface area contributed by atoms with Crippen molar-refractivity contribution < 1.29 is 4.74 Å². The lowest BCUT2D eigenvalue weighted by Crippen LogP contribution is -2.12. The fraction of sp³-hybridized carbons (Fsp3) is 0.429. The van der Waals surface area contributed by atoms with Crippen molar-refractivity contribution in [1.29, 1.82) is 0 Å². The van der Waals surface area contributed by atoms with E-state index in [0.717, 1.165) is 18.5 Å². The van der Waals surface area contributed by atoms with Crippen LogP contribution < -0.4 is 10.3 Å². The van der Waals surface area contributed by atoms with Crippen LogP contribution in [0, 0.1) is 0 Å². The van der Waals surface area contributed by atoms with Gasteiger partial charge in [0, 0.05) is 18.1 Å². The second-order valence-electron chi connectivity index (χ2n) is 4.95. The van der Waals surface area contributed by atoms with E-state index in [1.54, 1.807) is 12.1 Å². The molecule has 6 heteroatoms. The summed E-state index contributed by atoms with van der Waals surface area (Å²) >= 11 is 0. The van der Waals surface area contributed by atoms with E-state index in [1.165, 1.54) is 26.3 Å². The minimum atomic E-state index is -0.144. The van der Waals surface area contributed by atoms with E-state index in [-0.39, 0.29) is 5.56 Å². The highest BCUT2D eigenvalue weighted by Gasteiger charge is 2.20. The zero-order valence-electron chi connectivity index (χ0n) is 11.3. The molecule has 1 aliphatic carbocycles. The van der Waals surface area contributed by atoms with E-state index in [1.807, 2.05) is 0 Å². The van der Waals surface area contributed by atoms with Gasteiger partial charge in [-0.1, -0.05) is 12.8 Å². The Morgan fingerprint density at radius 2 is 2.05 bits per heavy atom. The van der Waals surface area contributed by atoms with Gasteiger partial charge in [-0.15, -0.1) is 0 Å². The van der Waals surface area contributed by atoms with Gasteiger partial charge in [0.05, 0.1) is 12.8 Å². The fourth-order valence-electron chi connectivity index (χ4n) is 2.61. The predicted molar refractivity (Wildman–Crippen MR) is 73.6 cm³/mol. The van der Waals surface area contributed by atoms with Gasteiger partial charge in [0.15, 0.2) is 5.82 Å². The Bertz CT molecular complexity index is 662. The third-order valence-electron chi connectivity index (χ3n) is 3.63. The average molecular weight is 272 g/mol. The van der Waals surface area contributed by atoms with Gasteiger partial charge in [0.1, 0.15) is 12.0 Å². The molecule has 0 spiro atoms. The van der Waals surface area contributed by atoms with Gasteiger partial charge in [-0.05, 0) is 12.8 Å². The number of aromatic nitrogens is 4. The fourth-order valence-corrected chi connectivity index (χ4v) is 2.61. The van der Waals surface area contributed by atoms with E-state index in [9.17, 15) is 4.79 Å². The van der Waals surface area contributed by atoms with E-state index in [4.69, 9.17) is 4.74 Å². The maximum absolute atomic E-state index is 11.8. The Labute approximate surface area is 116 Å². The number of rotatable bonds is 3. The van der Waals surface area contributed by atoms with E-state index >= 15 is 0 Å². The van der Waals surface area contributed by atoms with Crippen LogP contribution in [0.5, 0.6) is 5.88 Å². The third kappa shape index (κ3) is 2.54. The SMILES string of the molecule is COc1cc(-c2nc(C3CCCC3)cc(=O)[nH]2)ncn1. The minimum Gasteiger partial charge on any atom is -0.481 e. The molecule has 2 heterocycles. The van der Waals surface area contributed by atoms with Crippen LogP contribution in [-0.4, -0.2) is 27.0 Å². The van der Waals surface area contributed by atoms with Crippen LogP contribution in [0.25, 0.3) is 11.5 Å². The molecule has 20 heavy (non-hydrogen) atoms. The van der Waals surface area contributed by atoms with Gasteiger partial charge in [-0.2, -0.15) is 0 Å². The molecule has 0 aliphatic heterocycles. The van der Waals surface area contributed by atoms with Crippen LogP contribution in [0.1, 0.15) is 37.3 Å². The predicted octanol–water partition coefficient (Wildman–Crippen LogP) is 1.89. The third-order valence-corrected chi connectivity index (χ3v) is 3.63. The number of nitrogens with zero attached hydrogens (tertiary/aromatic N) is 3. The molecule has 0 atom stereocenters. The average Bonchev–Trinajstić information content (AvgIpc) is 3.01. The molecule has 2 aromatic rings. The van der Waals surface area contributed by atoms with Crippen molar-refractivity contribution in [3.8, 4) is 17.4 Å². The Morgan fingerprint density at radius 3 is 2.80 bits per heavy atom. The zero-order valence-corrected chi connectivity index (χ0v) is 11.3. The minimum absolute atomic E-state index is 0.144. The van der Waals surface area contributed by atoms with Crippen molar-refractivity contribution in [2.45, 2.75) is 31.6 Å². The van der Waals surface area contributed by atoms with Crippen LogP contribution in [0.4, 0.5) is 0 Å². The highest BCUT2D eigenvalue weighted by Crippen LogP contribution is 2.32. The summed E-state index contributed by atoms with van der Waals surface area (Å²) in [5.74, 6) is 1.31. The first-order chi connectivity index (χ1) is 9.76. The quantitative estimate of drug-likeness (QED) is 0.922. The lowest BCUT2D eigenvalue weighted by molar-refractivity contribution is 0.397. The van der Waals surface area contributed by atoms with Crippen LogP contribution >= 0.6 is 0 Å². The summed E-state index contributed by atoms with van der Waals surface area (Å²) in [5.41, 5.74) is 1.28. The Hall–Kier alpha value is -2.24. The summed E-state index contributed by atoms with van der Waals surface area (Å²) in [6.45, 7) is 0. The van der Waals surface area contributed by atoms with Crippen molar-refractivity contribution in [2.24, 2.45) is 0 Å². The lowest BCUT2D eigenvalue weighted by atomic mass is 10.0. The topological polar surface area (TPSA) is 80.8 Å². The number of methoxy groups -OCH3 is 1. The number of ether oxygens (including phenoxy) is 1. The summed E-state index contributed by atoms with van der Waals surface area (Å²) in [6.07, 6.45) is 6.01. The van der Waals surface area contributed by atoms with Gasteiger partial charge in [-0.3, -0.25) is 4.79 Å². The largest absolute Gasteiger partial charge is 0.481 e. The van der Waals surface area contributed by atoms with Crippen molar-refractivity contribution in [1.82, 2.24) is 19.9 Å².